The fraction of sp³-hybridized carbons (Fsp3) is 0.591. The number of carbonyl (C=O) groups is 3. The van der Waals surface area contributed by atoms with Gasteiger partial charge in [-0.25, -0.2) is 14.4 Å². The molecule has 2 atom stereocenters. The normalized spacial score (nSPS) is 17.6. The van der Waals surface area contributed by atoms with Gasteiger partial charge in [-0.1, -0.05) is 30.3 Å². The highest BCUT2D eigenvalue weighted by atomic mass is 16.6. The average molecular weight is 421 g/mol. The average Bonchev–Trinajstić information content (AvgIpc) is 2.70. The zero-order valence-corrected chi connectivity index (χ0v) is 18.2. The summed E-state index contributed by atoms with van der Waals surface area (Å²) < 4.78 is 15.5. The van der Waals surface area contributed by atoms with Crippen LogP contribution in [0.5, 0.6) is 0 Å². The first-order valence-corrected chi connectivity index (χ1v) is 10.2. The molecule has 1 aliphatic heterocycles. The van der Waals surface area contributed by atoms with E-state index in [1.807, 2.05) is 30.3 Å². The lowest BCUT2D eigenvalue weighted by atomic mass is 9.91. The Bertz CT molecular complexity index is 716. The Labute approximate surface area is 177 Å². The fourth-order valence-electron chi connectivity index (χ4n) is 3.37. The van der Waals surface area contributed by atoms with E-state index in [0.29, 0.717) is 19.5 Å². The van der Waals surface area contributed by atoms with Crippen LogP contribution in [0.1, 0.15) is 45.6 Å². The maximum absolute atomic E-state index is 12.4. The summed E-state index contributed by atoms with van der Waals surface area (Å²) in [5.41, 5.74) is 0.251. The molecule has 0 bridgehead atoms. The second kappa shape index (κ2) is 10.8. The van der Waals surface area contributed by atoms with Gasteiger partial charge in [-0.05, 0) is 51.5 Å². The summed E-state index contributed by atoms with van der Waals surface area (Å²) in [6, 6.07) is 8.65. The van der Waals surface area contributed by atoms with Crippen molar-refractivity contribution in [1.29, 1.82) is 0 Å². The number of likely N-dealkylation sites (tertiary alicyclic amines) is 1. The summed E-state index contributed by atoms with van der Waals surface area (Å²) in [6.07, 6.45) is 0.942. The molecule has 1 saturated heterocycles. The van der Waals surface area contributed by atoms with Crippen LogP contribution >= 0.6 is 0 Å². The van der Waals surface area contributed by atoms with Gasteiger partial charge in [-0.3, -0.25) is 0 Å². The molecule has 0 saturated carbocycles. The summed E-state index contributed by atoms with van der Waals surface area (Å²) in [6.45, 7) is 6.52. The first kappa shape index (κ1) is 23.5. The number of carbonyl (C=O) groups excluding carboxylic acids is 3. The highest BCUT2D eigenvalue weighted by Crippen LogP contribution is 2.23. The van der Waals surface area contributed by atoms with Crippen LogP contribution in [0, 0.1) is 5.92 Å². The molecule has 30 heavy (non-hydrogen) atoms. The van der Waals surface area contributed by atoms with Gasteiger partial charge in [0.15, 0.2) is 0 Å². The number of hydrogen-bond donors (Lipinski definition) is 1. The van der Waals surface area contributed by atoms with Gasteiger partial charge in [0.25, 0.3) is 0 Å². The van der Waals surface area contributed by atoms with Crippen LogP contribution in [0.25, 0.3) is 0 Å². The predicted octanol–water partition coefficient (Wildman–Crippen LogP) is 3.49. The van der Waals surface area contributed by atoms with Gasteiger partial charge in [-0.15, -0.1) is 0 Å². The first-order chi connectivity index (χ1) is 14.2. The molecule has 0 radical (unpaired) electrons. The summed E-state index contributed by atoms with van der Waals surface area (Å²) in [5, 5.41) is 2.59. The van der Waals surface area contributed by atoms with Gasteiger partial charge in [0.2, 0.25) is 0 Å². The number of amides is 2. The van der Waals surface area contributed by atoms with Crippen molar-refractivity contribution in [2.45, 2.75) is 58.3 Å². The van der Waals surface area contributed by atoms with E-state index in [1.165, 1.54) is 7.11 Å². The Morgan fingerprint density at radius 3 is 2.53 bits per heavy atom. The number of rotatable bonds is 6. The highest BCUT2D eigenvalue weighted by molar-refractivity contribution is 5.81. The molecule has 0 aliphatic carbocycles. The number of esters is 1. The first-order valence-electron chi connectivity index (χ1n) is 10.2. The largest absolute Gasteiger partial charge is 0.467 e. The molecule has 1 heterocycles. The van der Waals surface area contributed by atoms with E-state index in [1.54, 1.807) is 25.7 Å². The highest BCUT2D eigenvalue weighted by Gasteiger charge is 2.31. The monoisotopic (exact) mass is 420 g/mol. The molecule has 1 aromatic rings. The van der Waals surface area contributed by atoms with Crippen LogP contribution in [-0.2, 0) is 25.6 Å². The van der Waals surface area contributed by atoms with Crippen molar-refractivity contribution in [3.8, 4) is 0 Å². The van der Waals surface area contributed by atoms with Crippen LogP contribution in [0.3, 0.4) is 0 Å². The molecule has 1 fully saturated rings. The molecule has 1 aromatic carbocycles. The second-order valence-electron chi connectivity index (χ2n) is 8.45. The maximum atomic E-state index is 12.4. The van der Waals surface area contributed by atoms with Crippen LogP contribution in [0.15, 0.2) is 30.3 Å². The van der Waals surface area contributed by atoms with Crippen molar-refractivity contribution in [3.05, 3.63) is 35.9 Å². The lowest BCUT2D eigenvalue weighted by Gasteiger charge is -2.33. The molecule has 2 rings (SSSR count). The van der Waals surface area contributed by atoms with E-state index in [2.05, 4.69) is 5.32 Å². The van der Waals surface area contributed by atoms with Gasteiger partial charge in [0.05, 0.1) is 7.11 Å². The molecule has 0 aromatic heterocycles. The van der Waals surface area contributed by atoms with E-state index >= 15 is 0 Å². The third kappa shape index (κ3) is 7.93. The number of nitrogens with zero attached hydrogens (tertiary/aromatic N) is 1. The van der Waals surface area contributed by atoms with Gasteiger partial charge >= 0.3 is 18.2 Å². The number of methoxy groups -OCH3 is 1. The van der Waals surface area contributed by atoms with E-state index in [4.69, 9.17) is 14.2 Å². The smallest absolute Gasteiger partial charge is 0.410 e. The lowest BCUT2D eigenvalue weighted by Crippen LogP contribution is -2.47. The predicted molar refractivity (Wildman–Crippen MR) is 111 cm³/mol. The molecule has 2 unspecified atom stereocenters. The third-order valence-corrected chi connectivity index (χ3v) is 4.73. The Hall–Kier alpha value is -2.77. The molecular formula is C22H32N2O6. The van der Waals surface area contributed by atoms with Crippen molar-refractivity contribution in [2.24, 2.45) is 5.92 Å². The van der Waals surface area contributed by atoms with Crippen molar-refractivity contribution in [1.82, 2.24) is 10.2 Å². The van der Waals surface area contributed by atoms with Crippen molar-refractivity contribution in [2.75, 3.05) is 20.2 Å². The van der Waals surface area contributed by atoms with Gasteiger partial charge in [-0.2, -0.15) is 0 Å². The number of alkyl carbamates (subject to hydrolysis) is 1. The zero-order chi connectivity index (χ0) is 22.1. The fourth-order valence-corrected chi connectivity index (χ4v) is 3.37. The number of ether oxygens (including phenoxy) is 3. The number of piperidine rings is 1. The SMILES string of the molecule is COC(=O)C(CC1CCCN(C(=O)OCc2ccccc2)C1)NC(=O)OC(C)(C)C. The van der Waals surface area contributed by atoms with Gasteiger partial charge in [0.1, 0.15) is 18.2 Å². The van der Waals surface area contributed by atoms with Crippen molar-refractivity contribution in [3.63, 3.8) is 0 Å². The summed E-state index contributed by atoms with van der Waals surface area (Å²) in [4.78, 5) is 38.4. The molecule has 1 N–H and O–H groups in total. The van der Waals surface area contributed by atoms with Crippen LogP contribution in [0.4, 0.5) is 9.59 Å². The number of nitrogens with one attached hydrogen (secondary N) is 1. The van der Waals surface area contributed by atoms with Gasteiger partial charge < -0.3 is 24.4 Å². The molecular weight excluding hydrogens is 388 g/mol. The minimum absolute atomic E-state index is 0.0297. The van der Waals surface area contributed by atoms with Crippen LogP contribution in [-0.4, -0.2) is 54.9 Å². The van der Waals surface area contributed by atoms with E-state index < -0.39 is 23.7 Å². The molecule has 0 spiro atoms. The summed E-state index contributed by atoms with van der Waals surface area (Å²) >= 11 is 0. The molecule has 166 valence electrons. The van der Waals surface area contributed by atoms with Gasteiger partial charge in [0, 0.05) is 13.1 Å². The molecule has 2 amide bonds. The van der Waals surface area contributed by atoms with E-state index in [9.17, 15) is 14.4 Å². The maximum Gasteiger partial charge on any atom is 0.410 e. The summed E-state index contributed by atoms with van der Waals surface area (Å²) in [7, 11) is 1.28. The number of hydrogen-bond acceptors (Lipinski definition) is 6. The molecule has 8 heteroatoms. The van der Waals surface area contributed by atoms with Crippen molar-refractivity contribution < 1.29 is 28.6 Å². The topological polar surface area (TPSA) is 94.2 Å². The summed E-state index contributed by atoms with van der Waals surface area (Å²) in [5.74, 6) is -0.508. The Balaban J connectivity index is 1.90. The van der Waals surface area contributed by atoms with Crippen LogP contribution in [0.2, 0.25) is 0 Å². The Kier molecular flexibility index (Phi) is 8.50. The quantitative estimate of drug-likeness (QED) is 0.559. The standard InChI is InChI=1S/C22H32N2O6/c1-22(2,3)30-20(26)23-18(19(25)28-4)13-17-11-8-12-24(14-17)21(27)29-15-16-9-6-5-7-10-16/h5-7,9-10,17-18H,8,11-15H2,1-4H3,(H,23,26). The van der Waals surface area contributed by atoms with Crippen molar-refractivity contribution >= 4 is 18.2 Å². The minimum atomic E-state index is -0.838. The molecule has 1 aliphatic rings. The third-order valence-electron chi connectivity index (χ3n) is 4.73. The Morgan fingerprint density at radius 1 is 1.20 bits per heavy atom. The van der Waals surface area contributed by atoms with Crippen LogP contribution < -0.4 is 5.32 Å². The Morgan fingerprint density at radius 2 is 1.90 bits per heavy atom. The lowest BCUT2D eigenvalue weighted by molar-refractivity contribution is -0.143. The minimum Gasteiger partial charge on any atom is -0.467 e. The zero-order valence-electron chi connectivity index (χ0n) is 18.2. The molecule has 8 nitrogen and oxygen atoms in total. The number of benzene rings is 1. The second-order valence-corrected chi connectivity index (χ2v) is 8.45. The van der Waals surface area contributed by atoms with E-state index in [0.717, 1.165) is 18.4 Å². The van der Waals surface area contributed by atoms with E-state index in [-0.39, 0.29) is 18.6 Å².